The SMILES string of the molecule is O=CCCC1CCN(C(=O)O)CC1. The van der Waals surface area contributed by atoms with E-state index in [9.17, 15) is 9.59 Å². The number of piperidine rings is 1. The molecule has 0 spiro atoms. The number of likely N-dealkylation sites (tertiary alicyclic amines) is 1. The molecule has 0 aromatic rings. The lowest BCUT2D eigenvalue weighted by Crippen LogP contribution is -2.37. The standard InChI is InChI=1S/C9H15NO3/c11-7-1-2-8-3-5-10(6-4-8)9(12)13/h7-8H,1-6H2,(H,12,13). The van der Waals surface area contributed by atoms with Crippen molar-refractivity contribution in [1.82, 2.24) is 4.90 Å². The molecule has 74 valence electrons. The Morgan fingerprint density at radius 1 is 1.46 bits per heavy atom. The smallest absolute Gasteiger partial charge is 0.407 e. The van der Waals surface area contributed by atoms with Crippen molar-refractivity contribution < 1.29 is 14.7 Å². The fraction of sp³-hybridized carbons (Fsp3) is 0.778. The number of aldehydes is 1. The maximum Gasteiger partial charge on any atom is 0.407 e. The van der Waals surface area contributed by atoms with E-state index in [4.69, 9.17) is 5.11 Å². The van der Waals surface area contributed by atoms with E-state index in [2.05, 4.69) is 0 Å². The highest BCUT2D eigenvalue weighted by Crippen LogP contribution is 2.21. The summed E-state index contributed by atoms with van der Waals surface area (Å²) in [7, 11) is 0. The van der Waals surface area contributed by atoms with Gasteiger partial charge in [-0.05, 0) is 25.2 Å². The van der Waals surface area contributed by atoms with Crippen LogP contribution in [0.4, 0.5) is 4.79 Å². The van der Waals surface area contributed by atoms with Crippen molar-refractivity contribution in [2.75, 3.05) is 13.1 Å². The lowest BCUT2D eigenvalue weighted by Gasteiger charge is -2.29. The van der Waals surface area contributed by atoms with E-state index in [1.165, 1.54) is 4.90 Å². The van der Waals surface area contributed by atoms with Gasteiger partial charge in [0, 0.05) is 19.5 Å². The zero-order valence-corrected chi connectivity index (χ0v) is 7.61. The van der Waals surface area contributed by atoms with Crippen LogP contribution in [0.1, 0.15) is 25.7 Å². The molecule has 0 radical (unpaired) electrons. The lowest BCUT2D eigenvalue weighted by molar-refractivity contribution is -0.108. The van der Waals surface area contributed by atoms with Gasteiger partial charge in [0.1, 0.15) is 6.29 Å². The molecule has 0 unspecified atom stereocenters. The van der Waals surface area contributed by atoms with Crippen LogP contribution in [0.25, 0.3) is 0 Å². The van der Waals surface area contributed by atoms with Gasteiger partial charge in [0.2, 0.25) is 0 Å². The summed E-state index contributed by atoms with van der Waals surface area (Å²) in [5.41, 5.74) is 0. The zero-order chi connectivity index (χ0) is 9.68. The second-order valence-electron chi connectivity index (χ2n) is 3.46. The van der Waals surface area contributed by atoms with Gasteiger partial charge in [-0.1, -0.05) is 0 Å². The van der Waals surface area contributed by atoms with Crippen LogP contribution >= 0.6 is 0 Å². The molecule has 0 aromatic carbocycles. The molecule has 1 fully saturated rings. The first-order valence-electron chi connectivity index (χ1n) is 4.65. The second kappa shape index (κ2) is 4.84. The molecule has 0 bridgehead atoms. The molecule has 4 heteroatoms. The minimum atomic E-state index is -0.825. The summed E-state index contributed by atoms with van der Waals surface area (Å²) < 4.78 is 0. The fourth-order valence-corrected chi connectivity index (χ4v) is 1.72. The van der Waals surface area contributed by atoms with Crippen LogP contribution < -0.4 is 0 Å². The Morgan fingerprint density at radius 2 is 2.08 bits per heavy atom. The van der Waals surface area contributed by atoms with E-state index in [0.717, 1.165) is 25.5 Å². The number of nitrogens with zero attached hydrogens (tertiary/aromatic N) is 1. The Labute approximate surface area is 77.5 Å². The molecule has 0 aliphatic carbocycles. The van der Waals surface area contributed by atoms with Gasteiger partial charge in [-0.25, -0.2) is 4.79 Å². The first-order chi connectivity index (χ1) is 6.24. The highest BCUT2D eigenvalue weighted by molar-refractivity contribution is 5.64. The molecule has 4 nitrogen and oxygen atoms in total. The molecule has 1 saturated heterocycles. The molecule has 1 rings (SSSR count). The van der Waals surface area contributed by atoms with E-state index < -0.39 is 6.09 Å². The van der Waals surface area contributed by atoms with Crippen molar-refractivity contribution >= 4 is 12.4 Å². The number of carboxylic acid groups (broad SMARTS) is 1. The molecule has 1 heterocycles. The highest BCUT2D eigenvalue weighted by atomic mass is 16.4. The summed E-state index contributed by atoms with van der Waals surface area (Å²) in [6, 6.07) is 0. The quantitative estimate of drug-likeness (QED) is 0.675. The summed E-state index contributed by atoms with van der Waals surface area (Å²) in [5.74, 6) is 0.542. The van der Waals surface area contributed by atoms with Gasteiger partial charge in [-0.2, -0.15) is 0 Å². The van der Waals surface area contributed by atoms with Gasteiger partial charge in [0.15, 0.2) is 0 Å². The third-order valence-corrected chi connectivity index (χ3v) is 2.58. The molecule has 13 heavy (non-hydrogen) atoms. The summed E-state index contributed by atoms with van der Waals surface area (Å²) in [4.78, 5) is 22.1. The molecule has 1 amide bonds. The van der Waals surface area contributed by atoms with Crippen molar-refractivity contribution in [1.29, 1.82) is 0 Å². The largest absolute Gasteiger partial charge is 0.465 e. The lowest BCUT2D eigenvalue weighted by atomic mass is 9.93. The van der Waals surface area contributed by atoms with Gasteiger partial charge in [-0.15, -0.1) is 0 Å². The maximum atomic E-state index is 10.5. The third kappa shape index (κ3) is 3.05. The summed E-state index contributed by atoms with van der Waals surface area (Å²) >= 11 is 0. The Morgan fingerprint density at radius 3 is 2.54 bits per heavy atom. The second-order valence-corrected chi connectivity index (χ2v) is 3.46. The minimum Gasteiger partial charge on any atom is -0.465 e. The predicted octanol–water partition coefficient (Wildman–Crippen LogP) is 1.36. The van der Waals surface area contributed by atoms with Gasteiger partial charge in [0.05, 0.1) is 0 Å². The van der Waals surface area contributed by atoms with Crippen molar-refractivity contribution in [3.8, 4) is 0 Å². The molecule has 0 atom stereocenters. The third-order valence-electron chi connectivity index (χ3n) is 2.58. The summed E-state index contributed by atoms with van der Waals surface area (Å²) in [5, 5.41) is 8.67. The number of hydrogen-bond donors (Lipinski definition) is 1. The van der Waals surface area contributed by atoms with E-state index in [0.29, 0.717) is 25.4 Å². The molecular weight excluding hydrogens is 170 g/mol. The van der Waals surface area contributed by atoms with Crippen LogP contribution in [0.3, 0.4) is 0 Å². The highest BCUT2D eigenvalue weighted by Gasteiger charge is 2.21. The van der Waals surface area contributed by atoms with Crippen molar-refractivity contribution in [2.45, 2.75) is 25.7 Å². The minimum absolute atomic E-state index is 0.542. The number of amides is 1. The average Bonchev–Trinajstić information content (AvgIpc) is 2.15. The Bertz CT molecular complexity index is 185. The molecule has 0 aromatic heterocycles. The molecule has 0 saturated carbocycles. The van der Waals surface area contributed by atoms with Crippen molar-refractivity contribution in [3.05, 3.63) is 0 Å². The molecule has 1 aliphatic rings. The van der Waals surface area contributed by atoms with Crippen molar-refractivity contribution in [2.24, 2.45) is 5.92 Å². The van der Waals surface area contributed by atoms with Gasteiger partial charge in [0.25, 0.3) is 0 Å². The van der Waals surface area contributed by atoms with Gasteiger partial charge < -0.3 is 14.8 Å². The molecular formula is C9H15NO3. The van der Waals surface area contributed by atoms with E-state index in [1.807, 2.05) is 0 Å². The van der Waals surface area contributed by atoms with Crippen LogP contribution in [0, 0.1) is 5.92 Å². The van der Waals surface area contributed by atoms with Gasteiger partial charge >= 0.3 is 6.09 Å². The first-order valence-corrected chi connectivity index (χ1v) is 4.65. The molecule has 1 aliphatic heterocycles. The monoisotopic (exact) mass is 185 g/mol. The van der Waals surface area contributed by atoms with Crippen LogP contribution in [-0.2, 0) is 4.79 Å². The molecule has 1 N–H and O–H groups in total. The van der Waals surface area contributed by atoms with E-state index in [1.54, 1.807) is 0 Å². The number of hydrogen-bond acceptors (Lipinski definition) is 2. The van der Waals surface area contributed by atoms with Gasteiger partial charge in [-0.3, -0.25) is 0 Å². The zero-order valence-electron chi connectivity index (χ0n) is 7.61. The maximum absolute atomic E-state index is 10.5. The Balaban J connectivity index is 2.22. The Hall–Kier alpha value is -1.06. The number of carbonyl (C=O) groups is 2. The average molecular weight is 185 g/mol. The van der Waals surface area contributed by atoms with E-state index in [-0.39, 0.29) is 0 Å². The van der Waals surface area contributed by atoms with Crippen LogP contribution in [-0.4, -0.2) is 35.5 Å². The fourth-order valence-electron chi connectivity index (χ4n) is 1.72. The van der Waals surface area contributed by atoms with Crippen LogP contribution in [0.5, 0.6) is 0 Å². The number of carbonyl (C=O) groups excluding carboxylic acids is 1. The van der Waals surface area contributed by atoms with Crippen LogP contribution in [0.15, 0.2) is 0 Å². The van der Waals surface area contributed by atoms with Crippen molar-refractivity contribution in [3.63, 3.8) is 0 Å². The normalized spacial score (nSPS) is 18.6. The predicted molar refractivity (Wildman–Crippen MR) is 47.6 cm³/mol. The van der Waals surface area contributed by atoms with Crippen LogP contribution in [0.2, 0.25) is 0 Å². The Kier molecular flexibility index (Phi) is 3.73. The summed E-state index contributed by atoms with van der Waals surface area (Å²) in [6.07, 6.45) is 3.44. The first kappa shape index (κ1) is 10.0. The topological polar surface area (TPSA) is 57.6 Å². The summed E-state index contributed by atoms with van der Waals surface area (Å²) in [6.45, 7) is 1.25. The van der Waals surface area contributed by atoms with E-state index >= 15 is 0 Å². The number of rotatable bonds is 3.